The van der Waals surface area contributed by atoms with Crippen LogP contribution in [-0.2, 0) is 0 Å². The van der Waals surface area contributed by atoms with Gasteiger partial charge in [-0.25, -0.2) is 4.98 Å². The van der Waals surface area contributed by atoms with Crippen molar-refractivity contribution in [2.75, 3.05) is 0 Å². The number of hydrogen-bond acceptors (Lipinski definition) is 3. The number of rotatable bonds is 2. The standard InChI is InChI=1S/C17H12N2OS/c1-11-10-21-17-18-16(15(9-20)19(11)17)14-8-4-6-12-5-2-3-7-13(12)14/h2-10H,1H3. The first-order valence-electron chi connectivity index (χ1n) is 6.69. The number of imidazole rings is 1. The van der Waals surface area contributed by atoms with Gasteiger partial charge in [0.05, 0.1) is 0 Å². The summed E-state index contributed by atoms with van der Waals surface area (Å²) >= 11 is 1.56. The largest absolute Gasteiger partial charge is 0.296 e. The van der Waals surface area contributed by atoms with Crippen LogP contribution in [0.15, 0.2) is 47.8 Å². The second kappa shape index (κ2) is 4.53. The fourth-order valence-electron chi connectivity index (χ4n) is 2.76. The van der Waals surface area contributed by atoms with E-state index < -0.39 is 0 Å². The molecule has 2 heterocycles. The van der Waals surface area contributed by atoms with E-state index in [4.69, 9.17) is 0 Å². The first-order valence-corrected chi connectivity index (χ1v) is 7.57. The highest BCUT2D eigenvalue weighted by atomic mass is 32.1. The van der Waals surface area contributed by atoms with Crippen molar-refractivity contribution in [3.05, 3.63) is 59.2 Å². The molecule has 0 atom stereocenters. The molecule has 2 aromatic heterocycles. The minimum Gasteiger partial charge on any atom is -0.296 e. The Labute approximate surface area is 125 Å². The number of hydrogen-bond donors (Lipinski definition) is 0. The minimum atomic E-state index is 0.625. The third-order valence-electron chi connectivity index (χ3n) is 3.73. The number of aromatic nitrogens is 2. The minimum absolute atomic E-state index is 0.625. The Morgan fingerprint density at radius 2 is 1.95 bits per heavy atom. The van der Waals surface area contributed by atoms with E-state index in [0.29, 0.717) is 5.69 Å². The van der Waals surface area contributed by atoms with Gasteiger partial charge in [0.2, 0.25) is 0 Å². The molecule has 0 saturated carbocycles. The van der Waals surface area contributed by atoms with E-state index in [9.17, 15) is 4.79 Å². The van der Waals surface area contributed by atoms with Crippen molar-refractivity contribution < 1.29 is 4.79 Å². The van der Waals surface area contributed by atoms with Crippen molar-refractivity contribution in [1.29, 1.82) is 0 Å². The molecule has 21 heavy (non-hydrogen) atoms. The van der Waals surface area contributed by atoms with Crippen LogP contribution in [-0.4, -0.2) is 15.7 Å². The van der Waals surface area contributed by atoms with E-state index in [1.165, 1.54) is 0 Å². The third kappa shape index (κ3) is 1.73. The molecule has 0 bridgehead atoms. The first kappa shape index (κ1) is 12.3. The zero-order valence-corrected chi connectivity index (χ0v) is 12.2. The van der Waals surface area contributed by atoms with Gasteiger partial charge >= 0.3 is 0 Å². The number of carbonyl (C=O) groups excluding carboxylic acids is 1. The van der Waals surface area contributed by atoms with E-state index in [2.05, 4.69) is 23.2 Å². The van der Waals surface area contributed by atoms with Gasteiger partial charge in [-0.1, -0.05) is 42.5 Å². The lowest BCUT2D eigenvalue weighted by Crippen LogP contribution is -1.93. The van der Waals surface area contributed by atoms with Gasteiger partial charge in [0, 0.05) is 16.6 Å². The Hall–Kier alpha value is -2.46. The van der Waals surface area contributed by atoms with E-state index >= 15 is 0 Å². The number of fused-ring (bicyclic) bond motifs is 2. The van der Waals surface area contributed by atoms with Gasteiger partial charge in [-0.2, -0.15) is 0 Å². The molecule has 3 nitrogen and oxygen atoms in total. The quantitative estimate of drug-likeness (QED) is 0.515. The monoisotopic (exact) mass is 292 g/mol. The Kier molecular flexibility index (Phi) is 2.65. The van der Waals surface area contributed by atoms with Crippen LogP contribution in [0.1, 0.15) is 16.2 Å². The lowest BCUT2D eigenvalue weighted by Gasteiger charge is -2.05. The summed E-state index contributed by atoms with van der Waals surface area (Å²) in [5, 5.41) is 4.29. The Bertz CT molecular complexity index is 976. The summed E-state index contributed by atoms with van der Waals surface area (Å²) in [4.78, 5) is 17.1. The number of carbonyl (C=O) groups is 1. The molecule has 4 heteroatoms. The topological polar surface area (TPSA) is 34.4 Å². The number of benzene rings is 2. The third-order valence-corrected chi connectivity index (χ3v) is 4.67. The second-order valence-corrected chi connectivity index (χ2v) is 5.82. The van der Waals surface area contributed by atoms with Crippen molar-refractivity contribution >= 4 is 33.4 Å². The molecule has 0 N–H and O–H groups in total. The molecule has 102 valence electrons. The fourth-order valence-corrected chi connectivity index (χ4v) is 3.63. The SMILES string of the molecule is Cc1csc2nc(-c3cccc4ccccc34)c(C=O)n12. The molecule has 0 amide bonds. The average Bonchev–Trinajstić information content (AvgIpc) is 3.06. The molecular formula is C17H12N2OS. The smallest absolute Gasteiger partial charge is 0.195 e. The van der Waals surface area contributed by atoms with Gasteiger partial charge in [-0.05, 0) is 17.7 Å². The van der Waals surface area contributed by atoms with Gasteiger partial charge in [0.1, 0.15) is 11.4 Å². The Balaban J connectivity index is 2.11. The van der Waals surface area contributed by atoms with Crippen molar-refractivity contribution in [2.24, 2.45) is 0 Å². The van der Waals surface area contributed by atoms with Gasteiger partial charge < -0.3 is 0 Å². The summed E-state index contributed by atoms with van der Waals surface area (Å²) in [6.45, 7) is 1.99. The maximum absolute atomic E-state index is 11.6. The summed E-state index contributed by atoms with van der Waals surface area (Å²) in [6.07, 6.45) is 0.900. The number of thiazole rings is 1. The summed E-state index contributed by atoms with van der Waals surface area (Å²) < 4.78 is 1.93. The van der Waals surface area contributed by atoms with Crippen LogP contribution in [0.25, 0.3) is 27.0 Å². The summed E-state index contributed by atoms with van der Waals surface area (Å²) in [6, 6.07) is 14.3. The molecule has 0 aliphatic carbocycles. The fraction of sp³-hybridized carbons (Fsp3) is 0.0588. The zero-order chi connectivity index (χ0) is 14.4. The molecule has 0 fully saturated rings. The molecular weight excluding hydrogens is 280 g/mol. The number of nitrogens with zero attached hydrogens (tertiary/aromatic N) is 2. The molecule has 2 aromatic carbocycles. The predicted molar refractivity (Wildman–Crippen MR) is 86.1 cm³/mol. The van der Waals surface area contributed by atoms with Crippen molar-refractivity contribution in [3.8, 4) is 11.3 Å². The molecule has 0 saturated heterocycles. The van der Waals surface area contributed by atoms with Crippen LogP contribution in [0.2, 0.25) is 0 Å². The van der Waals surface area contributed by atoms with E-state index in [-0.39, 0.29) is 0 Å². The normalized spacial score (nSPS) is 11.3. The van der Waals surface area contributed by atoms with Gasteiger partial charge in [-0.15, -0.1) is 11.3 Å². The van der Waals surface area contributed by atoms with Gasteiger partial charge in [-0.3, -0.25) is 9.20 Å². The maximum atomic E-state index is 11.6. The molecule has 0 spiro atoms. The first-order chi connectivity index (χ1) is 10.3. The van der Waals surface area contributed by atoms with Gasteiger partial charge in [0.15, 0.2) is 11.2 Å². The number of aryl methyl sites for hydroxylation is 1. The molecule has 4 rings (SSSR count). The van der Waals surface area contributed by atoms with E-state index in [1.54, 1.807) is 11.3 Å². The molecule has 0 radical (unpaired) electrons. The Morgan fingerprint density at radius 3 is 2.81 bits per heavy atom. The lowest BCUT2D eigenvalue weighted by molar-refractivity contribution is 0.111. The highest BCUT2D eigenvalue weighted by Crippen LogP contribution is 2.32. The Morgan fingerprint density at radius 1 is 1.14 bits per heavy atom. The number of aldehydes is 1. The predicted octanol–water partition coefficient (Wildman–Crippen LogP) is 4.34. The summed E-state index contributed by atoms with van der Waals surface area (Å²) in [5.41, 5.74) is 3.43. The molecule has 0 unspecified atom stereocenters. The molecule has 0 aliphatic rings. The lowest BCUT2D eigenvalue weighted by atomic mass is 10.0. The molecule has 0 aliphatic heterocycles. The van der Waals surface area contributed by atoms with Crippen LogP contribution < -0.4 is 0 Å². The second-order valence-electron chi connectivity index (χ2n) is 4.99. The van der Waals surface area contributed by atoms with Gasteiger partial charge in [0.25, 0.3) is 0 Å². The van der Waals surface area contributed by atoms with E-state index in [0.717, 1.165) is 39.0 Å². The van der Waals surface area contributed by atoms with Crippen LogP contribution in [0.3, 0.4) is 0 Å². The summed E-state index contributed by atoms with van der Waals surface area (Å²) in [7, 11) is 0. The maximum Gasteiger partial charge on any atom is 0.195 e. The van der Waals surface area contributed by atoms with Crippen LogP contribution in [0, 0.1) is 6.92 Å². The zero-order valence-electron chi connectivity index (χ0n) is 11.4. The molecule has 4 aromatic rings. The average molecular weight is 292 g/mol. The highest BCUT2D eigenvalue weighted by Gasteiger charge is 2.17. The van der Waals surface area contributed by atoms with Crippen molar-refractivity contribution in [2.45, 2.75) is 6.92 Å². The van der Waals surface area contributed by atoms with Crippen molar-refractivity contribution in [3.63, 3.8) is 0 Å². The highest BCUT2D eigenvalue weighted by molar-refractivity contribution is 7.15. The van der Waals surface area contributed by atoms with E-state index in [1.807, 2.05) is 41.0 Å². The van der Waals surface area contributed by atoms with Crippen LogP contribution >= 0.6 is 11.3 Å². The summed E-state index contributed by atoms with van der Waals surface area (Å²) in [5.74, 6) is 0. The van der Waals surface area contributed by atoms with Crippen molar-refractivity contribution in [1.82, 2.24) is 9.38 Å². The van der Waals surface area contributed by atoms with Crippen LogP contribution in [0.5, 0.6) is 0 Å². The van der Waals surface area contributed by atoms with Crippen LogP contribution in [0.4, 0.5) is 0 Å².